The molecule has 9 nitrogen and oxygen atoms in total. The molecular weight excluding hydrogens is 341 g/mol. The molecule has 0 aliphatic rings. The lowest BCUT2D eigenvalue weighted by Crippen LogP contribution is -2.36. The second kappa shape index (κ2) is 11.2. The molecule has 0 radical (unpaired) electrons. The SMILES string of the molecule is CCOC(=O)C(CC(C(C)/C=C/O)[N+](=O)[O-])P(=O)(OCC)OCC. The van der Waals surface area contributed by atoms with Gasteiger partial charge in [0.25, 0.3) is 0 Å². The standard InChI is InChI=1S/C14H26NO8P/c1-5-21-14(17)13(24(20,22-6-2)23-7-3)10-12(15(18)19)11(4)8-9-16/h8-9,11-13,16H,5-7,10H2,1-4H3/b9-8+. The second-order valence-corrected chi connectivity index (χ2v) is 7.15. The predicted molar refractivity (Wildman–Crippen MR) is 87.6 cm³/mol. The van der Waals surface area contributed by atoms with Gasteiger partial charge in [-0.2, -0.15) is 0 Å². The maximum atomic E-state index is 12.9. The number of aliphatic hydroxyl groups excluding tert-OH is 1. The highest BCUT2D eigenvalue weighted by atomic mass is 31.2. The molecule has 0 fully saturated rings. The van der Waals surface area contributed by atoms with Crippen LogP contribution in [0.15, 0.2) is 12.3 Å². The van der Waals surface area contributed by atoms with Crippen molar-refractivity contribution in [1.82, 2.24) is 0 Å². The zero-order chi connectivity index (χ0) is 18.8. The van der Waals surface area contributed by atoms with Crippen molar-refractivity contribution < 1.29 is 33.2 Å². The summed E-state index contributed by atoms with van der Waals surface area (Å²) < 4.78 is 28.2. The van der Waals surface area contributed by atoms with Crippen LogP contribution in [0.4, 0.5) is 0 Å². The van der Waals surface area contributed by atoms with Crippen LogP contribution in [0.1, 0.15) is 34.1 Å². The normalized spacial score (nSPS) is 15.8. The molecule has 0 aromatic rings. The molecule has 0 bridgehead atoms. The van der Waals surface area contributed by atoms with Crippen LogP contribution in [0.2, 0.25) is 0 Å². The summed E-state index contributed by atoms with van der Waals surface area (Å²) in [5.74, 6) is -1.56. The molecule has 10 heteroatoms. The van der Waals surface area contributed by atoms with Crippen LogP contribution in [0.25, 0.3) is 0 Å². The van der Waals surface area contributed by atoms with Gasteiger partial charge in [0.15, 0.2) is 5.66 Å². The first-order valence-electron chi connectivity index (χ1n) is 7.77. The van der Waals surface area contributed by atoms with Gasteiger partial charge in [-0.3, -0.25) is 19.5 Å². The third-order valence-electron chi connectivity index (χ3n) is 3.29. The Hall–Kier alpha value is -1.44. The number of hydrogen-bond acceptors (Lipinski definition) is 8. The van der Waals surface area contributed by atoms with E-state index in [1.54, 1.807) is 20.8 Å². The number of aliphatic hydroxyl groups is 1. The van der Waals surface area contributed by atoms with E-state index in [2.05, 4.69) is 0 Å². The van der Waals surface area contributed by atoms with E-state index in [0.29, 0.717) is 6.26 Å². The highest BCUT2D eigenvalue weighted by Crippen LogP contribution is 2.55. The Labute approximate surface area is 141 Å². The number of rotatable bonds is 12. The van der Waals surface area contributed by atoms with Gasteiger partial charge >= 0.3 is 13.6 Å². The van der Waals surface area contributed by atoms with Gasteiger partial charge in [0, 0.05) is 17.3 Å². The Bertz CT molecular complexity index is 471. The molecule has 0 heterocycles. The highest BCUT2D eigenvalue weighted by molar-refractivity contribution is 7.55. The largest absolute Gasteiger partial charge is 0.516 e. The molecular formula is C14H26NO8P. The zero-order valence-electron chi connectivity index (χ0n) is 14.4. The fraction of sp³-hybridized carbons (Fsp3) is 0.786. The first-order valence-corrected chi connectivity index (χ1v) is 9.38. The van der Waals surface area contributed by atoms with E-state index in [9.17, 15) is 19.5 Å². The molecule has 0 saturated heterocycles. The molecule has 3 unspecified atom stereocenters. The summed E-state index contributed by atoms with van der Waals surface area (Å²) in [5.41, 5.74) is -1.41. The average molecular weight is 367 g/mol. The van der Waals surface area contributed by atoms with Crippen molar-refractivity contribution >= 4 is 13.6 Å². The Morgan fingerprint density at radius 2 is 1.79 bits per heavy atom. The van der Waals surface area contributed by atoms with Crippen molar-refractivity contribution in [3.63, 3.8) is 0 Å². The Kier molecular flexibility index (Phi) is 10.5. The first-order chi connectivity index (χ1) is 11.3. The fourth-order valence-electron chi connectivity index (χ4n) is 2.16. The van der Waals surface area contributed by atoms with Crippen LogP contribution >= 0.6 is 7.60 Å². The molecule has 0 aromatic heterocycles. The molecule has 0 aliphatic heterocycles. The van der Waals surface area contributed by atoms with E-state index in [0.717, 1.165) is 0 Å². The van der Waals surface area contributed by atoms with Crippen LogP contribution in [-0.2, 0) is 23.1 Å². The van der Waals surface area contributed by atoms with Gasteiger partial charge in [0.05, 0.1) is 26.1 Å². The van der Waals surface area contributed by atoms with Gasteiger partial charge in [0.1, 0.15) is 0 Å². The van der Waals surface area contributed by atoms with Crippen LogP contribution in [-0.4, -0.2) is 47.5 Å². The number of ether oxygens (including phenoxy) is 1. The fourth-order valence-corrected chi connectivity index (χ4v) is 4.12. The van der Waals surface area contributed by atoms with E-state index in [-0.39, 0.29) is 19.8 Å². The van der Waals surface area contributed by atoms with Gasteiger partial charge in [-0.25, -0.2) is 0 Å². The number of carbonyl (C=O) groups is 1. The van der Waals surface area contributed by atoms with Gasteiger partial charge in [-0.05, 0) is 26.8 Å². The van der Waals surface area contributed by atoms with Crippen molar-refractivity contribution in [3.8, 4) is 0 Å². The summed E-state index contributed by atoms with van der Waals surface area (Å²) in [6.45, 7) is 6.30. The van der Waals surface area contributed by atoms with E-state index in [1.807, 2.05) is 0 Å². The first kappa shape index (κ1) is 22.6. The molecule has 0 aliphatic carbocycles. The van der Waals surface area contributed by atoms with Crippen molar-refractivity contribution in [3.05, 3.63) is 22.5 Å². The van der Waals surface area contributed by atoms with Crippen molar-refractivity contribution in [2.45, 2.75) is 45.8 Å². The highest BCUT2D eigenvalue weighted by Gasteiger charge is 2.47. The minimum absolute atomic E-state index is 0.0163. The molecule has 0 spiro atoms. The molecule has 140 valence electrons. The number of carbonyl (C=O) groups excluding carboxylic acids is 1. The smallest absolute Gasteiger partial charge is 0.345 e. The lowest BCUT2D eigenvalue weighted by Gasteiger charge is -2.26. The summed E-state index contributed by atoms with van der Waals surface area (Å²) in [5, 5.41) is 20.2. The van der Waals surface area contributed by atoms with E-state index in [4.69, 9.17) is 18.9 Å². The molecule has 0 aromatic carbocycles. The minimum Gasteiger partial charge on any atom is -0.516 e. The third kappa shape index (κ3) is 6.59. The van der Waals surface area contributed by atoms with Crippen LogP contribution in [0, 0.1) is 16.0 Å². The maximum absolute atomic E-state index is 12.9. The summed E-state index contributed by atoms with van der Waals surface area (Å²) in [6, 6.07) is -1.27. The topological polar surface area (TPSA) is 125 Å². The van der Waals surface area contributed by atoms with Crippen LogP contribution in [0.5, 0.6) is 0 Å². The quantitative estimate of drug-likeness (QED) is 0.183. The van der Waals surface area contributed by atoms with Crippen molar-refractivity contribution in [2.75, 3.05) is 19.8 Å². The van der Waals surface area contributed by atoms with Gasteiger partial charge < -0.3 is 18.9 Å². The summed E-state index contributed by atoms with van der Waals surface area (Å²) >= 11 is 0. The van der Waals surface area contributed by atoms with Gasteiger partial charge in [-0.1, -0.05) is 6.92 Å². The van der Waals surface area contributed by atoms with E-state index in [1.165, 1.54) is 13.0 Å². The minimum atomic E-state index is -3.93. The van der Waals surface area contributed by atoms with Gasteiger partial charge in [0.2, 0.25) is 6.04 Å². The van der Waals surface area contributed by atoms with Crippen LogP contribution < -0.4 is 0 Å². The monoisotopic (exact) mass is 367 g/mol. The molecule has 3 atom stereocenters. The molecule has 0 saturated carbocycles. The number of hydrogen-bond donors (Lipinski definition) is 1. The second-order valence-electron chi connectivity index (χ2n) is 4.93. The summed E-state index contributed by atoms with van der Waals surface area (Å²) in [7, 11) is -3.93. The lowest BCUT2D eigenvalue weighted by atomic mass is 9.98. The van der Waals surface area contributed by atoms with E-state index < -0.39 is 42.5 Å². The Morgan fingerprint density at radius 1 is 1.25 bits per heavy atom. The summed E-state index contributed by atoms with van der Waals surface area (Å²) in [6.07, 6.45) is 1.53. The Morgan fingerprint density at radius 3 is 2.17 bits per heavy atom. The number of nitro groups is 1. The van der Waals surface area contributed by atoms with E-state index >= 15 is 0 Å². The molecule has 1 N–H and O–H groups in total. The van der Waals surface area contributed by atoms with Crippen LogP contribution in [0.3, 0.4) is 0 Å². The zero-order valence-corrected chi connectivity index (χ0v) is 15.3. The lowest BCUT2D eigenvalue weighted by molar-refractivity contribution is -0.529. The van der Waals surface area contributed by atoms with Crippen molar-refractivity contribution in [2.24, 2.45) is 5.92 Å². The summed E-state index contributed by atoms with van der Waals surface area (Å²) in [4.78, 5) is 23.0. The van der Waals surface area contributed by atoms with Gasteiger partial charge in [-0.15, -0.1) is 0 Å². The molecule has 0 rings (SSSR count). The number of esters is 1. The predicted octanol–water partition coefficient (Wildman–Crippen LogP) is 2.93. The molecule has 0 amide bonds. The maximum Gasteiger partial charge on any atom is 0.345 e. The third-order valence-corrected chi connectivity index (χ3v) is 5.71. The number of nitrogens with zero attached hydrogens (tertiary/aromatic N) is 1. The molecule has 24 heavy (non-hydrogen) atoms. The van der Waals surface area contributed by atoms with Crippen molar-refractivity contribution in [1.29, 1.82) is 0 Å². The Balaban J connectivity index is 5.71. The average Bonchev–Trinajstić information content (AvgIpc) is 2.48.